The molecule has 0 aliphatic heterocycles. The third-order valence-corrected chi connectivity index (χ3v) is 2.47. The Morgan fingerprint density at radius 2 is 1.70 bits per heavy atom. The third kappa shape index (κ3) is 3.87. The van der Waals surface area contributed by atoms with Crippen LogP contribution in [0.25, 0.3) is 0 Å². The highest BCUT2D eigenvalue weighted by atomic mass is 16.5. The number of nitrogens with zero attached hydrogens (tertiary/aromatic N) is 1. The lowest BCUT2D eigenvalue weighted by molar-refractivity contribution is -0.121. The summed E-state index contributed by atoms with van der Waals surface area (Å²) in [7, 11) is 1.46. The minimum absolute atomic E-state index is 0.133. The van der Waals surface area contributed by atoms with E-state index in [4.69, 9.17) is 21.9 Å². The van der Waals surface area contributed by atoms with E-state index in [2.05, 4.69) is 0 Å². The predicted octanol–water partition coefficient (Wildman–Crippen LogP) is -1.31. The van der Waals surface area contributed by atoms with E-state index in [0.29, 0.717) is 5.75 Å². The number of benzene rings is 1. The van der Waals surface area contributed by atoms with Crippen molar-refractivity contribution in [3.8, 4) is 5.75 Å². The van der Waals surface area contributed by atoms with E-state index in [0.717, 1.165) is 4.90 Å². The number of anilines is 1. The molecule has 0 radical (unpaired) electrons. The normalized spacial score (nSPS) is 9.85. The molecule has 0 saturated heterocycles. The summed E-state index contributed by atoms with van der Waals surface area (Å²) in [6.45, 7) is -0.847. The number of nitrogens with two attached hydrogens (primary N) is 3. The van der Waals surface area contributed by atoms with Crippen molar-refractivity contribution in [1.82, 2.24) is 4.90 Å². The number of carbonyl (C=O) groups is 3. The van der Waals surface area contributed by atoms with Gasteiger partial charge >= 0.3 is 0 Å². The number of rotatable bonds is 6. The Morgan fingerprint density at radius 1 is 1.15 bits per heavy atom. The second kappa shape index (κ2) is 6.41. The molecule has 0 aliphatic rings. The van der Waals surface area contributed by atoms with Gasteiger partial charge in [-0.1, -0.05) is 0 Å². The Morgan fingerprint density at radius 3 is 2.10 bits per heavy atom. The molecule has 108 valence electrons. The van der Waals surface area contributed by atoms with Crippen molar-refractivity contribution < 1.29 is 19.1 Å². The standard InChI is InChI=1S/C12H16N4O4/c1-20-7-2-3-8(9(13)4-7)12(19)16(5-10(14)17)6-11(15)18/h2-4H,5-6,13H2,1H3,(H2,14,17)(H2,15,18). The molecule has 0 atom stereocenters. The van der Waals surface area contributed by atoms with Crippen LogP contribution in [0, 0.1) is 0 Å². The Hall–Kier alpha value is -2.77. The van der Waals surface area contributed by atoms with Gasteiger partial charge in [0, 0.05) is 11.8 Å². The van der Waals surface area contributed by atoms with Crippen LogP contribution in [0.4, 0.5) is 5.69 Å². The summed E-state index contributed by atoms with van der Waals surface area (Å²) in [6.07, 6.45) is 0. The first-order valence-electron chi connectivity index (χ1n) is 5.64. The van der Waals surface area contributed by atoms with E-state index < -0.39 is 30.8 Å². The molecule has 0 spiro atoms. The van der Waals surface area contributed by atoms with Crippen molar-refractivity contribution >= 4 is 23.4 Å². The summed E-state index contributed by atoms with van der Waals surface area (Å²) < 4.78 is 4.97. The molecule has 1 aromatic carbocycles. The third-order valence-electron chi connectivity index (χ3n) is 2.47. The van der Waals surface area contributed by atoms with E-state index in [1.54, 1.807) is 0 Å². The second-order valence-corrected chi connectivity index (χ2v) is 4.05. The summed E-state index contributed by atoms with van der Waals surface area (Å²) in [6, 6.07) is 4.43. The maximum absolute atomic E-state index is 12.2. The Bertz CT molecular complexity index is 528. The van der Waals surface area contributed by atoms with Gasteiger partial charge in [-0.2, -0.15) is 0 Å². The van der Waals surface area contributed by atoms with Crippen molar-refractivity contribution in [1.29, 1.82) is 0 Å². The minimum Gasteiger partial charge on any atom is -0.497 e. The number of methoxy groups -OCH3 is 1. The van der Waals surface area contributed by atoms with E-state index >= 15 is 0 Å². The monoisotopic (exact) mass is 280 g/mol. The van der Waals surface area contributed by atoms with Crippen LogP contribution >= 0.6 is 0 Å². The van der Waals surface area contributed by atoms with Gasteiger partial charge in [-0.05, 0) is 12.1 Å². The first kappa shape index (κ1) is 15.3. The predicted molar refractivity (Wildman–Crippen MR) is 71.7 cm³/mol. The molecule has 1 rings (SSSR count). The van der Waals surface area contributed by atoms with Crippen molar-refractivity contribution in [3.05, 3.63) is 23.8 Å². The van der Waals surface area contributed by atoms with Gasteiger partial charge in [-0.15, -0.1) is 0 Å². The molecule has 0 fully saturated rings. The largest absolute Gasteiger partial charge is 0.497 e. The average Bonchev–Trinajstić information content (AvgIpc) is 2.35. The molecule has 0 bridgehead atoms. The van der Waals surface area contributed by atoms with Crippen LogP contribution in [-0.2, 0) is 9.59 Å². The fourth-order valence-corrected chi connectivity index (χ4v) is 1.61. The summed E-state index contributed by atoms with van der Waals surface area (Å²) in [5, 5.41) is 0. The molecule has 20 heavy (non-hydrogen) atoms. The number of primary amides is 2. The fraction of sp³-hybridized carbons (Fsp3) is 0.250. The van der Waals surface area contributed by atoms with Crippen LogP contribution in [0.15, 0.2) is 18.2 Å². The first-order chi connectivity index (χ1) is 9.35. The summed E-state index contributed by atoms with van der Waals surface area (Å²) in [5.74, 6) is -1.64. The van der Waals surface area contributed by atoms with Crippen LogP contribution in [0.3, 0.4) is 0 Å². The summed E-state index contributed by atoms with van der Waals surface area (Å²) in [5.41, 5.74) is 16.1. The Kier molecular flexibility index (Phi) is 4.90. The van der Waals surface area contributed by atoms with Crippen molar-refractivity contribution in [2.24, 2.45) is 11.5 Å². The zero-order valence-electron chi connectivity index (χ0n) is 11.0. The first-order valence-corrected chi connectivity index (χ1v) is 5.64. The molecule has 8 nitrogen and oxygen atoms in total. The molecule has 0 saturated carbocycles. The minimum atomic E-state index is -0.758. The maximum atomic E-state index is 12.2. The van der Waals surface area contributed by atoms with Crippen molar-refractivity contribution in [3.63, 3.8) is 0 Å². The molecule has 1 aromatic rings. The fourth-order valence-electron chi connectivity index (χ4n) is 1.61. The number of ether oxygens (including phenoxy) is 1. The zero-order valence-corrected chi connectivity index (χ0v) is 11.0. The van der Waals surface area contributed by atoms with Crippen LogP contribution in [0.5, 0.6) is 5.75 Å². The van der Waals surface area contributed by atoms with Gasteiger partial charge in [-0.25, -0.2) is 0 Å². The molecular formula is C12H16N4O4. The molecule has 0 aliphatic carbocycles. The van der Waals surface area contributed by atoms with E-state index in [1.807, 2.05) is 0 Å². The van der Waals surface area contributed by atoms with Crippen molar-refractivity contribution in [2.45, 2.75) is 0 Å². The van der Waals surface area contributed by atoms with E-state index in [9.17, 15) is 14.4 Å². The van der Waals surface area contributed by atoms with Crippen LogP contribution in [-0.4, -0.2) is 42.8 Å². The molecule has 8 heteroatoms. The van der Waals surface area contributed by atoms with Crippen LogP contribution in [0.1, 0.15) is 10.4 Å². The number of nitrogen functional groups attached to an aromatic ring is 1. The molecular weight excluding hydrogens is 264 g/mol. The van der Waals surface area contributed by atoms with Gasteiger partial charge in [0.15, 0.2) is 0 Å². The average molecular weight is 280 g/mol. The Balaban J connectivity index is 3.04. The smallest absolute Gasteiger partial charge is 0.256 e. The highest BCUT2D eigenvalue weighted by Gasteiger charge is 2.21. The number of amides is 3. The Labute approximate surface area is 115 Å². The SMILES string of the molecule is COc1ccc(C(=O)N(CC(N)=O)CC(N)=O)c(N)c1. The summed E-state index contributed by atoms with van der Waals surface area (Å²) in [4.78, 5) is 35.0. The lowest BCUT2D eigenvalue weighted by Gasteiger charge is -2.20. The lowest BCUT2D eigenvalue weighted by atomic mass is 10.1. The van der Waals surface area contributed by atoms with E-state index in [1.165, 1.54) is 25.3 Å². The van der Waals surface area contributed by atoms with Gasteiger partial charge in [-0.3, -0.25) is 14.4 Å². The molecule has 0 unspecified atom stereocenters. The van der Waals surface area contributed by atoms with Gasteiger partial charge in [0.2, 0.25) is 11.8 Å². The van der Waals surface area contributed by atoms with Crippen LogP contribution < -0.4 is 21.9 Å². The topological polar surface area (TPSA) is 142 Å². The second-order valence-electron chi connectivity index (χ2n) is 4.05. The molecule has 0 heterocycles. The van der Waals surface area contributed by atoms with Crippen molar-refractivity contribution in [2.75, 3.05) is 25.9 Å². The number of hydrogen-bond acceptors (Lipinski definition) is 5. The van der Waals surface area contributed by atoms with Gasteiger partial charge in [0.25, 0.3) is 5.91 Å². The van der Waals surface area contributed by atoms with E-state index in [-0.39, 0.29) is 11.3 Å². The highest BCUT2D eigenvalue weighted by molar-refractivity contribution is 6.02. The van der Waals surface area contributed by atoms with Gasteiger partial charge in [0.1, 0.15) is 18.8 Å². The maximum Gasteiger partial charge on any atom is 0.256 e. The number of carbonyl (C=O) groups excluding carboxylic acids is 3. The lowest BCUT2D eigenvalue weighted by Crippen LogP contribution is -2.43. The quantitative estimate of drug-likeness (QED) is 0.554. The number of hydrogen-bond donors (Lipinski definition) is 3. The molecule has 3 amide bonds. The van der Waals surface area contributed by atoms with Crippen LogP contribution in [0.2, 0.25) is 0 Å². The zero-order chi connectivity index (χ0) is 15.3. The summed E-state index contributed by atoms with van der Waals surface area (Å²) >= 11 is 0. The molecule has 6 N–H and O–H groups in total. The van der Waals surface area contributed by atoms with Gasteiger partial charge < -0.3 is 26.8 Å². The molecule has 0 aromatic heterocycles. The van der Waals surface area contributed by atoms with Gasteiger partial charge in [0.05, 0.1) is 12.7 Å². The highest BCUT2D eigenvalue weighted by Crippen LogP contribution is 2.20.